The molecule has 2 aromatic rings. The van der Waals surface area contributed by atoms with E-state index in [9.17, 15) is 13.2 Å². The monoisotopic (exact) mass is 409 g/mol. The predicted octanol–water partition coefficient (Wildman–Crippen LogP) is 2.57. The van der Waals surface area contributed by atoms with E-state index in [0.717, 1.165) is 21.7 Å². The largest absolute Gasteiger partial charge is 0.495 e. The van der Waals surface area contributed by atoms with Gasteiger partial charge >= 0.3 is 0 Å². The van der Waals surface area contributed by atoms with Crippen molar-refractivity contribution < 1.29 is 17.9 Å². The molecule has 0 unspecified atom stereocenters. The Bertz CT molecular complexity index is 944. The third-order valence-electron chi connectivity index (χ3n) is 3.58. The second kappa shape index (κ2) is 8.88. The van der Waals surface area contributed by atoms with Gasteiger partial charge in [0.1, 0.15) is 12.3 Å². The fourth-order valence-corrected chi connectivity index (χ4v) is 3.25. The highest BCUT2D eigenvalue weighted by atomic mass is 35.5. The number of nitrogens with one attached hydrogen (secondary N) is 1. The van der Waals surface area contributed by atoms with E-state index in [1.807, 2.05) is 31.2 Å². The molecule has 9 heteroatoms. The Labute approximate surface area is 163 Å². The number of rotatable bonds is 7. The minimum absolute atomic E-state index is 0.171. The first-order valence-corrected chi connectivity index (χ1v) is 10.1. The minimum atomic E-state index is -3.76. The van der Waals surface area contributed by atoms with Crippen molar-refractivity contribution in [2.24, 2.45) is 5.10 Å². The lowest BCUT2D eigenvalue weighted by atomic mass is 10.2. The number of anilines is 1. The van der Waals surface area contributed by atoms with Gasteiger partial charge in [-0.15, -0.1) is 0 Å². The molecule has 7 nitrogen and oxygen atoms in total. The summed E-state index contributed by atoms with van der Waals surface area (Å²) >= 11 is 5.97. The normalized spacial score (nSPS) is 11.4. The van der Waals surface area contributed by atoms with Gasteiger partial charge in [-0.25, -0.2) is 13.8 Å². The zero-order chi connectivity index (χ0) is 20.0. The molecular weight excluding hydrogens is 390 g/mol. The third-order valence-corrected chi connectivity index (χ3v) is 4.94. The molecule has 2 rings (SSSR count). The number of carbonyl (C=O) groups excluding carboxylic acids is 1. The summed E-state index contributed by atoms with van der Waals surface area (Å²) in [5, 5.41) is 4.17. The number of amides is 1. The lowest BCUT2D eigenvalue weighted by molar-refractivity contribution is -0.119. The van der Waals surface area contributed by atoms with Crippen LogP contribution in [0.2, 0.25) is 5.02 Å². The highest BCUT2D eigenvalue weighted by Gasteiger charge is 2.24. The molecule has 0 spiro atoms. The topological polar surface area (TPSA) is 88.1 Å². The zero-order valence-electron chi connectivity index (χ0n) is 15.1. The average Bonchev–Trinajstić information content (AvgIpc) is 2.60. The minimum Gasteiger partial charge on any atom is -0.495 e. The number of sulfonamides is 1. The van der Waals surface area contributed by atoms with Crippen LogP contribution in [0.5, 0.6) is 5.75 Å². The van der Waals surface area contributed by atoms with Crippen LogP contribution in [-0.2, 0) is 14.8 Å². The molecule has 0 saturated carbocycles. The van der Waals surface area contributed by atoms with Crippen LogP contribution in [0.15, 0.2) is 47.6 Å². The fourth-order valence-electron chi connectivity index (χ4n) is 2.24. The fraction of sp³-hybridized carbons (Fsp3) is 0.222. The van der Waals surface area contributed by atoms with Crippen molar-refractivity contribution in [2.75, 3.05) is 24.2 Å². The third kappa shape index (κ3) is 5.97. The summed E-state index contributed by atoms with van der Waals surface area (Å²) in [6.07, 6.45) is 2.47. The van der Waals surface area contributed by atoms with E-state index in [0.29, 0.717) is 5.02 Å². The zero-order valence-corrected chi connectivity index (χ0v) is 16.7. The maximum Gasteiger partial charge on any atom is 0.260 e. The molecule has 1 N–H and O–H groups in total. The van der Waals surface area contributed by atoms with Gasteiger partial charge in [0.2, 0.25) is 10.0 Å². The Balaban J connectivity index is 2.16. The summed E-state index contributed by atoms with van der Waals surface area (Å²) in [5.74, 6) is -0.327. The van der Waals surface area contributed by atoms with E-state index in [1.165, 1.54) is 25.5 Å². The number of hydrogen-bond donors (Lipinski definition) is 1. The molecule has 27 heavy (non-hydrogen) atoms. The number of aryl methyl sites for hydroxylation is 1. The van der Waals surface area contributed by atoms with Crippen LogP contribution in [-0.4, -0.2) is 40.4 Å². The van der Waals surface area contributed by atoms with Crippen molar-refractivity contribution in [2.45, 2.75) is 6.92 Å². The van der Waals surface area contributed by atoms with Crippen molar-refractivity contribution in [1.29, 1.82) is 0 Å². The number of benzene rings is 2. The van der Waals surface area contributed by atoms with E-state index in [1.54, 1.807) is 6.07 Å². The number of hydrogen-bond acceptors (Lipinski definition) is 5. The number of carbonyl (C=O) groups is 1. The van der Waals surface area contributed by atoms with Crippen LogP contribution in [0.3, 0.4) is 0 Å². The average molecular weight is 410 g/mol. The van der Waals surface area contributed by atoms with Gasteiger partial charge in [0.05, 0.1) is 25.3 Å². The van der Waals surface area contributed by atoms with E-state index in [2.05, 4.69) is 10.5 Å². The number of methoxy groups -OCH3 is 1. The Hall–Kier alpha value is -2.58. The summed E-state index contributed by atoms with van der Waals surface area (Å²) in [6.45, 7) is 1.49. The maximum absolute atomic E-state index is 12.2. The second-order valence-electron chi connectivity index (χ2n) is 5.79. The molecule has 1 amide bonds. The quantitative estimate of drug-likeness (QED) is 0.562. The number of nitrogens with zero attached hydrogens (tertiary/aromatic N) is 2. The van der Waals surface area contributed by atoms with E-state index >= 15 is 0 Å². The van der Waals surface area contributed by atoms with Crippen LogP contribution in [0.1, 0.15) is 11.1 Å². The summed E-state index contributed by atoms with van der Waals surface area (Å²) < 4.78 is 30.5. The Morgan fingerprint density at radius 2 is 1.93 bits per heavy atom. The van der Waals surface area contributed by atoms with Crippen LogP contribution < -0.4 is 14.5 Å². The second-order valence-corrected chi connectivity index (χ2v) is 8.13. The Kier molecular flexibility index (Phi) is 6.81. The molecule has 0 atom stereocenters. The molecule has 0 heterocycles. The lowest BCUT2D eigenvalue weighted by Crippen LogP contribution is -2.39. The van der Waals surface area contributed by atoms with Crippen molar-refractivity contribution in [3.05, 3.63) is 58.6 Å². The first-order chi connectivity index (χ1) is 12.7. The van der Waals surface area contributed by atoms with Gasteiger partial charge < -0.3 is 4.74 Å². The molecular formula is C18H20ClN3O4S. The predicted molar refractivity (Wildman–Crippen MR) is 107 cm³/mol. The molecule has 0 aliphatic carbocycles. The summed E-state index contributed by atoms with van der Waals surface area (Å²) in [4.78, 5) is 12.2. The smallest absolute Gasteiger partial charge is 0.260 e. The highest BCUT2D eigenvalue weighted by Crippen LogP contribution is 2.32. The maximum atomic E-state index is 12.2. The van der Waals surface area contributed by atoms with Gasteiger partial charge in [-0.3, -0.25) is 9.10 Å². The lowest BCUT2D eigenvalue weighted by Gasteiger charge is -2.23. The Morgan fingerprint density at radius 3 is 2.52 bits per heavy atom. The van der Waals surface area contributed by atoms with Gasteiger partial charge in [0, 0.05) is 5.02 Å². The Morgan fingerprint density at radius 1 is 1.26 bits per heavy atom. The van der Waals surface area contributed by atoms with Crippen molar-refractivity contribution in [3.8, 4) is 5.75 Å². The standard InChI is InChI=1S/C18H20ClN3O4S/c1-13-4-6-14(7-5-13)11-20-21-18(23)12-22(27(3,24)25)16-10-15(19)8-9-17(16)26-2/h4-11H,12H2,1-3H3,(H,21,23)/b20-11-. The van der Waals surface area contributed by atoms with Crippen LogP contribution in [0.25, 0.3) is 0 Å². The highest BCUT2D eigenvalue weighted by molar-refractivity contribution is 7.92. The van der Waals surface area contributed by atoms with Gasteiger partial charge in [0.15, 0.2) is 0 Å². The van der Waals surface area contributed by atoms with Crippen molar-refractivity contribution in [1.82, 2.24) is 5.43 Å². The molecule has 0 saturated heterocycles. The SMILES string of the molecule is COc1ccc(Cl)cc1N(CC(=O)N/N=C\c1ccc(C)cc1)S(C)(=O)=O. The molecule has 2 aromatic carbocycles. The van der Waals surface area contributed by atoms with E-state index in [4.69, 9.17) is 16.3 Å². The number of hydrazone groups is 1. The van der Waals surface area contributed by atoms with Crippen LogP contribution in [0.4, 0.5) is 5.69 Å². The van der Waals surface area contributed by atoms with Gasteiger partial charge in [-0.05, 0) is 30.7 Å². The van der Waals surface area contributed by atoms with Crippen molar-refractivity contribution in [3.63, 3.8) is 0 Å². The molecule has 0 radical (unpaired) electrons. The first kappa shape index (κ1) is 20.7. The molecule has 144 valence electrons. The molecule has 0 fully saturated rings. The molecule has 0 aliphatic rings. The van der Waals surface area contributed by atoms with E-state index in [-0.39, 0.29) is 11.4 Å². The van der Waals surface area contributed by atoms with Gasteiger partial charge in [-0.1, -0.05) is 41.4 Å². The summed E-state index contributed by atoms with van der Waals surface area (Å²) in [7, 11) is -2.36. The number of halogens is 1. The first-order valence-electron chi connectivity index (χ1n) is 7.90. The summed E-state index contributed by atoms with van der Waals surface area (Å²) in [5.41, 5.74) is 4.40. The molecule has 0 aromatic heterocycles. The molecule has 0 aliphatic heterocycles. The molecule has 0 bridgehead atoms. The number of ether oxygens (including phenoxy) is 1. The van der Waals surface area contributed by atoms with Crippen LogP contribution in [0, 0.1) is 6.92 Å². The van der Waals surface area contributed by atoms with Gasteiger partial charge in [0.25, 0.3) is 5.91 Å². The van der Waals surface area contributed by atoms with E-state index < -0.39 is 22.5 Å². The summed E-state index contributed by atoms with van der Waals surface area (Å²) in [6, 6.07) is 12.1. The van der Waals surface area contributed by atoms with Gasteiger partial charge in [-0.2, -0.15) is 5.10 Å². The van der Waals surface area contributed by atoms with Crippen LogP contribution >= 0.6 is 11.6 Å². The van der Waals surface area contributed by atoms with Crippen molar-refractivity contribution >= 4 is 39.4 Å².